The van der Waals surface area contributed by atoms with Crippen molar-refractivity contribution in [3.05, 3.63) is 11.6 Å². The van der Waals surface area contributed by atoms with E-state index in [-0.39, 0.29) is 31.0 Å². The Hall–Kier alpha value is -2.09. The van der Waals surface area contributed by atoms with Gasteiger partial charge in [0.25, 0.3) is 0 Å². The summed E-state index contributed by atoms with van der Waals surface area (Å²) in [5.74, 6) is -0.738. The van der Waals surface area contributed by atoms with Crippen molar-refractivity contribution in [2.75, 3.05) is 6.61 Å². The van der Waals surface area contributed by atoms with E-state index in [1.807, 2.05) is 13.8 Å². The summed E-state index contributed by atoms with van der Waals surface area (Å²) < 4.78 is 11.2. The molecule has 8 heteroatoms. The molecule has 25 heavy (non-hydrogen) atoms. The summed E-state index contributed by atoms with van der Waals surface area (Å²) >= 11 is 0. The summed E-state index contributed by atoms with van der Waals surface area (Å²) in [6.45, 7) is 7.47. The Morgan fingerprint density at radius 1 is 1.32 bits per heavy atom. The number of ether oxygens (including phenoxy) is 2. The maximum Gasteiger partial charge on any atom is 0.333 e. The number of guanidine groups is 1. The molecule has 0 fully saturated rings. The van der Waals surface area contributed by atoms with Crippen molar-refractivity contribution in [3.63, 3.8) is 0 Å². The Morgan fingerprint density at radius 3 is 2.44 bits per heavy atom. The van der Waals surface area contributed by atoms with E-state index in [4.69, 9.17) is 20.9 Å². The Bertz CT molecular complexity index is 525. The fourth-order valence-corrected chi connectivity index (χ4v) is 2.88. The van der Waals surface area contributed by atoms with Crippen LogP contribution in [0.5, 0.6) is 0 Å². The predicted molar refractivity (Wildman–Crippen MR) is 95.8 cm³/mol. The van der Waals surface area contributed by atoms with E-state index < -0.39 is 24.2 Å². The van der Waals surface area contributed by atoms with Crippen molar-refractivity contribution in [2.45, 2.75) is 71.2 Å². The molecule has 0 heterocycles. The lowest BCUT2D eigenvalue weighted by molar-refractivity contribution is -0.139. The summed E-state index contributed by atoms with van der Waals surface area (Å²) in [5.41, 5.74) is 11.6. The molecule has 3 atom stereocenters. The quantitative estimate of drug-likeness (QED) is 0.332. The van der Waals surface area contributed by atoms with Crippen molar-refractivity contribution in [2.24, 2.45) is 16.5 Å². The van der Waals surface area contributed by atoms with E-state index in [9.17, 15) is 9.59 Å². The highest BCUT2D eigenvalue weighted by molar-refractivity contribution is 5.89. The molecule has 142 valence electrons. The lowest BCUT2D eigenvalue weighted by Crippen LogP contribution is -2.52. The van der Waals surface area contributed by atoms with Gasteiger partial charge in [0.05, 0.1) is 18.8 Å². The molecule has 0 spiro atoms. The Kier molecular flexibility index (Phi) is 8.40. The fraction of sp³-hybridized carbons (Fsp3) is 0.706. The highest BCUT2D eigenvalue weighted by atomic mass is 16.5. The van der Waals surface area contributed by atoms with Crippen molar-refractivity contribution in [1.82, 2.24) is 5.32 Å². The van der Waals surface area contributed by atoms with Gasteiger partial charge < -0.3 is 26.3 Å². The van der Waals surface area contributed by atoms with Gasteiger partial charge >= 0.3 is 5.97 Å². The minimum absolute atomic E-state index is 0.00234. The van der Waals surface area contributed by atoms with Crippen LogP contribution in [0.15, 0.2) is 16.6 Å². The first kappa shape index (κ1) is 21.0. The summed E-state index contributed by atoms with van der Waals surface area (Å²) in [6, 6.07) is -0.962. The molecule has 0 aromatic heterocycles. The molecule has 0 aromatic carbocycles. The van der Waals surface area contributed by atoms with Crippen LogP contribution in [0.4, 0.5) is 0 Å². The number of amides is 1. The van der Waals surface area contributed by atoms with Gasteiger partial charge in [0.15, 0.2) is 5.96 Å². The van der Waals surface area contributed by atoms with Gasteiger partial charge in [0.1, 0.15) is 12.1 Å². The van der Waals surface area contributed by atoms with Gasteiger partial charge in [-0.25, -0.2) is 9.79 Å². The lowest BCUT2D eigenvalue weighted by atomic mass is 9.88. The fourth-order valence-electron chi connectivity index (χ4n) is 2.88. The first-order chi connectivity index (χ1) is 11.8. The second-order valence-electron chi connectivity index (χ2n) is 6.01. The summed E-state index contributed by atoms with van der Waals surface area (Å²) in [4.78, 5) is 28.0. The molecule has 5 N–H and O–H groups in total. The molecular formula is C17H30N4O4. The van der Waals surface area contributed by atoms with Crippen LogP contribution < -0.4 is 16.8 Å². The largest absolute Gasteiger partial charge is 0.463 e. The lowest BCUT2D eigenvalue weighted by Gasteiger charge is -2.36. The molecule has 0 radical (unpaired) electrons. The monoisotopic (exact) mass is 354 g/mol. The number of carbonyl (C=O) groups excluding carboxylic acids is 2. The molecule has 0 saturated carbocycles. The van der Waals surface area contributed by atoms with Gasteiger partial charge in [-0.1, -0.05) is 13.8 Å². The highest BCUT2D eigenvalue weighted by Crippen LogP contribution is 2.27. The molecule has 1 aliphatic rings. The third-order valence-corrected chi connectivity index (χ3v) is 4.04. The van der Waals surface area contributed by atoms with Crippen LogP contribution in [0, 0.1) is 0 Å². The third-order valence-electron chi connectivity index (χ3n) is 4.04. The van der Waals surface area contributed by atoms with Gasteiger partial charge in [0, 0.05) is 18.9 Å². The Balaban J connectivity index is 3.22. The number of hydrogen-bond donors (Lipinski definition) is 3. The molecule has 0 aromatic rings. The topological polar surface area (TPSA) is 129 Å². The number of hydrogen-bond acceptors (Lipinski definition) is 5. The average Bonchev–Trinajstić information content (AvgIpc) is 2.54. The summed E-state index contributed by atoms with van der Waals surface area (Å²) in [7, 11) is 0. The normalized spacial score (nSPS) is 22.9. The molecule has 0 bridgehead atoms. The molecule has 1 rings (SSSR count). The maximum absolute atomic E-state index is 12.2. The molecule has 0 saturated heterocycles. The van der Waals surface area contributed by atoms with Gasteiger partial charge in [-0.05, 0) is 25.8 Å². The summed E-state index contributed by atoms with van der Waals surface area (Å²) in [6.07, 6.45) is 3.09. The minimum atomic E-state index is -0.531. The first-order valence-electron chi connectivity index (χ1n) is 8.71. The zero-order chi connectivity index (χ0) is 19.0. The van der Waals surface area contributed by atoms with Gasteiger partial charge in [-0.15, -0.1) is 0 Å². The van der Waals surface area contributed by atoms with E-state index in [1.54, 1.807) is 13.0 Å². The zero-order valence-corrected chi connectivity index (χ0v) is 15.5. The van der Waals surface area contributed by atoms with Crippen LogP contribution >= 0.6 is 0 Å². The van der Waals surface area contributed by atoms with E-state index >= 15 is 0 Å². The molecule has 1 amide bonds. The number of carbonyl (C=O) groups is 2. The summed E-state index contributed by atoms with van der Waals surface area (Å²) in [5, 5.41) is 2.82. The van der Waals surface area contributed by atoms with Crippen LogP contribution in [-0.2, 0) is 19.1 Å². The number of esters is 1. The molecule has 0 unspecified atom stereocenters. The van der Waals surface area contributed by atoms with Crippen LogP contribution in [-0.4, -0.2) is 48.7 Å². The predicted octanol–water partition coefficient (Wildman–Crippen LogP) is 0.600. The van der Waals surface area contributed by atoms with E-state index in [2.05, 4.69) is 10.3 Å². The highest BCUT2D eigenvalue weighted by Gasteiger charge is 2.37. The Morgan fingerprint density at radius 2 is 1.96 bits per heavy atom. The van der Waals surface area contributed by atoms with Gasteiger partial charge in [-0.2, -0.15) is 0 Å². The van der Waals surface area contributed by atoms with Crippen LogP contribution in [0.2, 0.25) is 0 Å². The number of nitrogens with two attached hydrogens (primary N) is 2. The minimum Gasteiger partial charge on any atom is -0.463 e. The molecule has 0 aliphatic heterocycles. The van der Waals surface area contributed by atoms with E-state index in [0.29, 0.717) is 5.57 Å². The second kappa shape index (κ2) is 10.0. The first-order valence-corrected chi connectivity index (χ1v) is 8.71. The number of aliphatic imine (C=N–C) groups is 1. The van der Waals surface area contributed by atoms with E-state index in [0.717, 1.165) is 12.8 Å². The van der Waals surface area contributed by atoms with Crippen LogP contribution in [0.3, 0.4) is 0 Å². The SMILES string of the molecule is CCOC(=O)C1=C[C@@H](OC(CC)CC)[C@H](N=C(N)N)[C@@H](NC(C)=O)C1. The van der Waals surface area contributed by atoms with Crippen molar-refractivity contribution in [1.29, 1.82) is 0 Å². The van der Waals surface area contributed by atoms with Crippen molar-refractivity contribution < 1.29 is 19.1 Å². The second-order valence-corrected chi connectivity index (χ2v) is 6.01. The van der Waals surface area contributed by atoms with Crippen molar-refractivity contribution in [3.8, 4) is 0 Å². The smallest absolute Gasteiger partial charge is 0.333 e. The van der Waals surface area contributed by atoms with Crippen LogP contribution in [0.25, 0.3) is 0 Å². The van der Waals surface area contributed by atoms with Crippen LogP contribution in [0.1, 0.15) is 47.0 Å². The van der Waals surface area contributed by atoms with Gasteiger partial charge in [-0.3, -0.25) is 4.79 Å². The third kappa shape index (κ3) is 6.38. The van der Waals surface area contributed by atoms with E-state index in [1.165, 1.54) is 6.92 Å². The van der Waals surface area contributed by atoms with Gasteiger partial charge in [0.2, 0.25) is 5.91 Å². The molecular weight excluding hydrogens is 324 g/mol. The molecule has 8 nitrogen and oxygen atoms in total. The standard InChI is InChI=1S/C17H30N4O4/c1-5-12(6-2)25-14-9-11(16(23)24-7-3)8-13(20-10(4)22)15(14)21-17(18)19/h9,12-15H,5-8H2,1-4H3,(H,20,22)(H4,18,19,21)/t13-,14+,15+/m0/s1. The van der Waals surface area contributed by atoms with Crippen molar-refractivity contribution >= 4 is 17.8 Å². The maximum atomic E-state index is 12.2. The number of rotatable bonds is 8. The average molecular weight is 354 g/mol. The Labute approximate surface area is 149 Å². The zero-order valence-electron chi connectivity index (χ0n) is 15.5. The molecule has 1 aliphatic carbocycles. The number of nitrogens with one attached hydrogen (secondary N) is 1. The number of nitrogens with zero attached hydrogens (tertiary/aromatic N) is 1.